The molecular formula is C22H27BrN2O6S. The maximum Gasteiger partial charge on any atom is 0.340 e. The zero-order chi connectivity index (χ0) is 24.1. The Balaban J connectivity index is 0.000000520. The summed E-state index contributed by atoms with van der Waals surface area (Å²) in [6.45, 7) is 2.05. The zero-order valence-corrected chi connectivity index (χ0v) is 20.8. The monoisotopic (exact) mass is 526 g/mol. The molecule has 0 bridgehead atoms. The number of aryl methyl sites for hydroxylation is 1. The molecule has 0 spiro atoms. The number of hydrogen-bond acceptors (Lipinski definition) is 6. The fourth-order valence-electron chi connectivity index (χ4n) is 3.30. The molecule has 0 unspecified atom stereocenters. The van der Waals surface area contributed by atoms with Gasteiger partial charge in [-0.1, -0.05) is 36.4 Å². The number of halogens is 1. The van der Waals surface area contributed by atoms with E-state index in [1.165, 1.54) is 4.57 Å². The molecule has 3 aromatic rings. The number of carbonyl (C=O) groups is 1. The molecule has 0 saturated heterocycles. The van der Waals surface area contributed by atoms with Gasteiger partial charge in [-0.25, -0.2) is 4.79 Å². The highest BCUT2D eigenvalue weighted by Gasteiger charge is 2.29. The Morgan fingerprint density at radius 1 is 1.16 bits per heavy atom. The van der Waals surface area contributed by atoms with E-state index in [0.717, 1.165) is 0 Å². The Hall–Kier alpha value is -2.40. The smallest absolute Gasteiger partial charge is 0.340 e. The van der Waals surface area contributed by atoms with Gasteiger partial charge in [0.1, 0.15) is 11.5 Å². The highest BCUT2D eigenvalue weighted by Crippen LogP contribution is 2.40. The van der Waals surface area contributed by atoms with E-state index < -0.39 is 21.8 Å². The number of ether oxygens (including phenoxy) is 1. The molecule has 32 heavy (non-hydrogen) atoms. The predicted molar refractivity (Wildman–Crippen MR) is 127 cm³/mol. The first-order valence-corrected chi connectivity index (χ1v) is 12.2. The van der Waals surface area contributed by atoms with E-state index in [1.807, 2.05) is 41.3 Å². The van der Waals surface area contributed by atoms with Crippen LogP contribution in [0, 0.1) is 0 Å². The molecular weight excluding hydrogens is 500 g/mol. The van der Waals surface area contributed by atoms with Gasteiger partial charge in [0.25, 0.3) is 10.1 Å². The summed E-state index contributed by atoms with van der Waals surface area (Å²) in [5.74, 6) is -1.49. The van der Waals surface area contributed by atoms with Gasteiger partial charge in [0.15, 0.2) is 0 Å². The molecule has 1 heterocycles. The minimum Gasteiger partial charge on any atom is -0.506 e. The second-order valence-electron chi connectivity index (χ2n) is 7.30. The summed E-state index contributed by atoms with van der Waals surface area (Å²) >= 11 is 3.29. The van der Waals surface area contributed by atoms with Gasteiger partial charge in [-0.05, 0) is 43.0 Å². The van der Waals surface area contributed by atoms with Gasteiger partial charge in [0.2, 0.25) is 0 Å². The molecule has 0 aliphatic rings. The molecule has 2 aromatic carbocycles. The molecule has 0 aliphatic carbocycles. The van der Waals surface area contributed by atoms with Crippen molar-refractivity contribution in [3.05, 3.63) is 63.8 Å². The lowest BCUT2D eigenvalue weighted by atomic mass is 10.0. The van der Waals surface area contributed by atoms with Gasteiger partial charge in [0.05, 0.1) is 27.9 Å². The molecule has 1 aromatic heterocycles. The number of fused-ring (bicyclic) bond motifs is 1. The van der Waals surface area contributed by atoms with E-state index in [2.05, 4.69) is 15.9 Å². The fraction of sp³-hybridized carbons (Fsp3) is 0.318. The van der Waals surface area contributed by atoms with Crippen LogP contribution in [0.5, 0.6) is 5.75 Å². The van der Waals surface area contributed by atoms with E-state index in [1.54, 1.807) is 34.1 Å². The lowest BCUT2D eigenvalue weighted by Crippen LogP contribution is -2.14. The Morgan fingerprint density at radius 3 is 2.12 bits per heavy atom. The van der Waals surface area contributed by atoms with E-state index in [0.29, 0.717) is 27.5 Å². The molecule has 0 atom stereocenters. The normalized spacial score (nSPS) is 11.3. The minimum absolute atomic E-state index is 0.0293. The van der Waals surface area contributed by atoms with E-state index >= 15 is 0 Å². The van der Waals surface area contributed by atoms with Crippen molar-refractivity contribution in [1.29, 1.82) is 0 Å². The number of nitrogens with zero attached hydrogens (tertiary/aromatic N) is 2. The van der Waals surface area contributed by atoms with Crippen molar-refractivity contribution in [2.24, 2.45) is 7.05 Å². The highest BCUT2D eigenvalue weighted by molar-refractivity contribution is 9.10. The van der Waals surface area contributed by atoms with Gasteiger partial charge in [0, 0.05) is 24.5 Å². The van der Waals surface area contributed by atoms with Crippen molar-refractivity contribution in [3.63, 3.8) is 0 Å². The van der Waals surface area contributed by atoms with Crippen LogP contribution in [0.4, 0.5) is 0 Å². The van der Waals surface area contributed by atoms with Gasteiger partial charge in [-0.2, -0.15) is 8.42 Å². The summed E-state index contributed by atoms with van der Waals surface area (Å²) in [7, 11) is 0.812. The van der Waals surface area contributed by atoms with Crippen LogP contribution in [0.2, 0.25) is 0 Å². The van der Waals surface area contributed by atoms with Gasteiger partial charge < -0.3 is 19.3 Å². The van der Waals surface area contributed by atoms with Crippen LogP contribution in [0.1, 0.15) is 28.5 Å². The van der Waals surface area contributed by atoms with Crippen molar-refractivity contribution in [3.8, 4) is 5.75 Å². The molecule has 8 nitrogen and oxygen atoms in total. The topological polar surface area (TPSA) is 109 Å². The van der Waals surface area contributed by atoms with Crippen LogP contribution >= 0.6 is 15.9 Å². The molecule has 2 N–H and O–H groups in total. The van der Waals surface area contributed by atoms with Crippen LogP contribution < -0.4 is 0 Å². The SMILES string of the molecule is CCOC(=O)c1c(CS(=O)(=O)O)n(C)c2cc(Br)c(O)c(CN(C)C)c12.c1ccccc1. The predicted octanol–water partition coefficient (Wildman–Crippen LogP) is 3.96. The quantitative estimate of drug-likeness (QED) is 0.369. The number of aromatic nitrogens is 1. The number of hydrogen-bond donors (Lipinski definition) is 2. The number of rotatable bonds is 6. The van der Waals surface area contributed by atoms with Crippen LogP contribution in [0.3, 0.4) is 0 Å². The maximum atomic E-state index is 12.6. The van der Waals surface area contributed by atoms with E-state index in [9.17, 15) is 22.9 Å². The molecule has 0 radical (unpaired) electrons. The Labute approximate surface area is 196 Å². The Kier molecular flexibility index (Phi) is 8.85. The van der Waals surface area contributed by atoms with Gasteiger partial charge >= 0.3 is 5.97 Å². The Bertz CT molecular complexity index is 1160. The number of benzene rings is 2. The van der Waals surface area contributed by atoms with Crippen molar-refractivity contribution in [2.75, 3.05) is 20.7 Å². The first kappa shape index (κ1) is 25.9. The molecule has 174 valence electrons. The molecule has 0 aliphatic heterocycles. The van der Waals surface area contributed by atoms with Crippen molar-refractivity contribution >= 4 is 42.9 Å². The van der Waals surface area contributed by atoms with E-state index in [4.69, 9.17) is 4.74 Å². The number of phenolic OH excluding ortho intramolecular Hbond substituents is 1. The van der Waals surface area contributed by atoms with Crippen LogP contribution in [-0.4, -0.2) is 54.2 Å². The van der Waals surface area contributed by atoms with Gasteiger partial charge in [-0.15, -0.1) is 0 Å². The summed E-state index contributed by atoms with van der Waals surface area (Å²) in [6.07, 6.45) is 0. The van der Waals surface area contributed by atoms with E-state index in [-0.39, 0.29) is 23.6 Å². The van der Waals surface area contributed by atoms with Crippen LogP contribution in [-0.2, 0) is 34.2 Å². The average molecular weight is 527 g/mol. The molecule has 0 fully saturated rings. The van der Waals surface area contributed by atoms with Gasteiger partial charge in [-0.3, -0.25) is 4.55 Å². The summed E-state index contributed by atoms with van der Waals surface area (Å²) < 4.78 is 39.3. The molecule has 0 amide bonds. The second-order valence-corrected chi connectivity index (χ2v) is 9.61. The largest absolute Gasteiger partial charge is 0.506 e. The third kappa shape index (κ3) is 6.32. The lowest BCUT2D eigenvalue weighted by molar-refractivity contribution is 0.0527. The van der Waals surface area contributed by atoms with Crippen LogP contribution in [0.25, 0.3) is 10.9 Å². The first-order valence-electron chi connectivity index (χ1n) is 9.76. The third-order valence-corrected chi connectivity index (χ3v) is 5.82. The zero-order valence-electron chi connectivity index (χ0n) is 18.4. The first-order chi connectivity index (χ1) is 15.0. The standard InChI is InChI=1S/C16H21BrN2O6S.C6H6/c1-5-25-16(21)14-12(8-26(22,23)24)19(4)11-6-10(17)15(20)9(13(11)14)7-18(2)3;1-2-4-6-5-3-1/h6,20H,5,7-8H2,1-4H3,(H,22,23,24);1-6H. The average Bonchev–Trinajstić information content (AvgIpc) is 2.97. The number of carbonyl (C=O) groups excluding carboxylic acids is 1. The molecule has 0 saturated carbocycles. The third-order valence-electron chi connectivity index (χ3n) is 4.58. The summed E-state index contributed by atoms with van der Waals surface area (Å²) in [6, 6.07) is 13.6. The minimum atomic E-state index is -4.39. The number of phenols is 1. The van der Waals surface area contributed by atoms with Crippen molar-refractivity contribution in [2.45, 2.75) is 19.2 Å². The summed E-state index contributed by atoms with van der Waals surface area (Å²) in [5.41, 5.74) is 1.12. The molecule has 3 rings (SSSR count). The van der Waals surface area contributed by atoms with Crippen LogP contribution in [0.15, 0.2) is 46.9 Å². The summed E-state index contributed by atoms with van der Waals surface area (Å²) in [4.78, 5) is 14.4. The summed E-state index contributed by atoms with van der Waals surface area (Å²) in [5, 5.41) is 10.9. The number of esters is 1. The maximum absolute atomic E-state index is 12.6. The Morgan fingerprint density at radius 2 is 1.69 bits per heavy atom. The lowest BCUT2D eigenvalue weighted by Gasteiger charge is -2.15. The molecule has 10 heteroatoms. The fourth-order valence-corrected chi connectivity index (χ4v) is 4.44. The highest BCUT2D eigenvalue weighted by atomic mass is 79.9. The van der Waals surface area contributed by atoms with Crippen molar-refractivity contribution in [1.82, 2.24) is 9.47 Å². The van der Waals surface area contributed by atoms with Crippen molar-refractivity contribution < 1.29 is 27.6 Å². The second kappa shape index (κ2) is 11.0. The number of aromatic hydroxyl groups is 1.